The third-order valence-corrected chi connectivity index (χ3v) is 8.28. The third-order valence-electron chi connectivity index (χ3n) is 5.58. The molecule has 0 aliphatic carbocycles. The van der Waals surface area contributed by atoms with Gasteiger partial charge in [-0.05, 0) is 19.1 Å². The fourth-order valence-electron chi connectivity index (χ4n) is 3.83. The Bertz CT molecular complexity index is 1000. The van der Waals surface area contributed by atoms with E-state index in [0.717, 1.165) is 30.1 Å². The van der Waals surface area contributed by atoms with Crippen molar-refractivity contribution in [2.45, 2.75) is 23.7 Å². The highest BCUT2D eigenvalue weighted by Gasteiger charge is 2.52. The zero-order chi connectivity index (χ0) is 21.6. The molecule has 2 N–H and O–H groups in total. The fourth-order valence-corrected chi connectivity index (χ4v) is 6.97. The second kappa shape index (κ2) is 8.16. The molecule has 1 amide bonds. The molecule has 2 aromatic rings. The molecule has 10 heteroatoms. The van der Waals surface area contributed by atoms with Gasteiger partial charge >= 0.3 is 5.97 Å². The molecule has 8 nitrogen and oxygen atoms in total. The number of fused-ring (bicyclic) bond motifs is 1. The zero-order valence-corrected chi connectivity index (χ0v) is 18.4. The van der Waals surface area contributed by atoms with Crippen LogP contribution in [0.25, 0.3) is 11.0 Å². The van der Waals surface area contributed by atoms with Crippen molar-refractivity contribution in [3.8, 4) is 0 Å². The lowest BCUT2D eigenvalue weighted by molar-refractivity contribution is -0.157. The highest BCUT2D eigenvalue weighted by atomic mass is 32.2. The van der Waals surface area contributed by atoms with Gasteiger partial charge in [0.15, 0.2) is 0 Å². The summed E-state index contributed by atoms with van der Waals surface area (Å²) in [4.78, 5) is 31.6. The van der Waals surface area contributed by atoms with Crippen LogP contribution >= 0.6 is 23.5 Å². The van der Waals surface area contributed by atoms with Gasteiger partial charge in [0.25, 0.3) is 0 Å². The maximum atomic E-state index is 12.2. The molecule has 2 fully saturated rings. The molecular formula is C20H24N4O4S2. The zero-order valence-electron chi connectivity index (χ0n) is 16.8. The van der Waals surface area contributed by atoms with E-state index < -0.39 is 23.4 Å². The topological polar surface area (TPSA) is 98.9 Å². The van der Waals surface area contributed by atoms with Crippen molar-refractivity contribution >= 4 is 52.4 Å². The first-order chi connectivity index (χ1) is 14.3. The molecule has 2 aliphatic rings. The molecule has 2 aliphatic heterocycles. The molecule has 3 atom stereocenters. The molecule has 0 radical (unpaired) electrons. The van der Waals surface area contributed by atoms with Crippen molar-refractivity contribution in [1.29, 1.82) is 0 Å². The number of benzene rings is 1. The number of carboxylic acid groups (broad SMARTS) is 1. The molecule has 0 bridgehead atoms. The van der Waals surface area contributed by atoms with Crippen molar-refractivity contribution in [2.24, 2.45) is 13.0 Å². The lowest BCUT2D eigenvalue weighted by atomic mass is 9.92. The molecule has 3 heterocycles. The van der Waals surface area contributed by atoms with E-state index in [4.69, 9.17) is 10.1 Å². The highest BCUT2D eigenvalue weighted by Crippen LogP contribution is 2.42. The number of imidazole rings is 1. The quantitative estimate of drug-likeness (QED) is 0.359. The second-order valence-corrected chi connectivity index (χ2v) is 10.3. The van der Waals surface area contributed by atoms with Crippen LogP contribution < -0.4 is 4.90 Å². The van der Waals surface area contributed by atoms with Gasteiger partial charge in [-0.3, -0.25) is 9.69 Å². The first kappa shape index (κ1) is 21.1. The number of aromatic nitrogens is 2. The maximum absolute atomic E-state index is 12.2. The predicted octanol–water partition coefficient (Wildman–Crippen LogP) is 1.95. The SMILES string of the molecule is C=C(C(=O)O)N1C(=O)[C@H]([C@@H](C)O)[C@H]1SCSC1CN(c2nc3ccccc3n2C)C1. The van der Waals surface area contributed by atoms with Crippen LogP contribution in [0.5, 0.6) is 0 Å². The third kappa shape index (κ3) is 3.57. The number of aliphatic carboxylic acids is 1. The van der Waals surface area contributed by atoms with E-state index in [2.05, 4.69) is 22.1 Å². The van der Waals surface area contributed by atoms with Crippen molar-refractivity contribution < 1.29 is 19.8 Å². The average Bonchev–Trinajstić information content (AvgIpc) is 2.98. The minimum atomic E-state index is -1.22. The van der Waals surface area contributed by atoms with Crippen molar-refractivity contribution in [1.82, 2.24) is 14.5 Å². The Balaban J connectivity index is 1.30. The van der Waals surface area contributed by atoms with Crippen LogP contribution in [0.2, 0.25) is 0 Å². The summed E-state index contributed by atoms with van der Waals surface area (Å²) in [6.07, 6.45) is -0.824. The molecule has 0 unspecified atom stereocenters. The lowest BCUT2D eigenvalue weighted by Gasteiger charge is -2.47. The predicted molar refractivity (Wildman–Crippen MR) is 119 cm³/mol. The molecule has 0 saturated carbocycles. The van der Waals surface area contributed by atoms with E-state index in [1.54, 1.807) is 18.7 Å². The van der Waals surface area contributed by atoms with E-state index in [1.165, 1.54) is 16.7 Å². The Morgan fingerprint density at radius 3 is 2.67 bits per heavy atom. The fraction of sp³-hybridized carbons (Fsp3) is 0.450. The van der Waals surface area contributed by atoms with Crippen LogP contribution in [0.4, 0.5) is 5.95 Å². The van der Waals surface area contributed by atoms with Crippen LogP contribution in [0, 0.1) is 5.92 Å². The number of carbonyl (C=O) groups excluding carboxylic acids is 1. The number of nitrogens with zero attached hydrogens (tertiary/aromatic N) is 4. The summed E-state index contributed by atoms with van der Waals surface area (Å²) < 4.78 is 2.10. The van der Waals surface area contributed by atoms with E-state index in [1.807, 2.05) is 25.2 Å². The molecule has 4 rings (SSSR count). The largest absolute Gasteiger partial charge is 0.477 e. The number of likely N-dealkylation sites (tertiary alicyclic amines) is 1. The number of hydrogen-bond acceptors (Lipinski definition) is 7. The van der Waals surface area contributed by atoms with Gasteiger partial charge in [0, 0.05) is 30.5 Å². The summed E-state index contributed by atoms with van der Waals surface area (Å²) in [5.74, 6) is -1.23. The van der Waals surface area contributed by atoms with E-state index in [9.17, 15) is 14.7 Å². The van der Waals surface area contributed by atoms with Gasteiger partial charge in [-0.2, -0.15) is 0 Å². The summed E-state index contributed by atoms with van der Waals surface area (Å²) in [7, 11) is 2.02. The van der Waals surface area contributed by atoms with Crippen molar-refractivity contribution in [3.05, 3.63) is 36.5 Å². The standard InChI is InChI=1S/C20H24N4O4S2/c1-11(19(27)28)24-17(26)16(12(2)25)18(24)30-10-29-13-8-23(9-13)20-21-14-6-4-5-7-15(14)22(20)3/h4-7,12-13,16,18,25H,1,8-10H2,2-3H3,(H,27,28)/t12-,16+,18-/m1/s1. The Hall–Kier alpha value is -2.17. The summed E-state index contributed by atoms with van der Waals surface area (Å²) in [6.45, 7) is 6.83. The Labute approximate surface area is 182 Å². The van der Waals surface area contributed by atoms with Crippen LogP contribution in [-0.4, -0.2) is 71.4 Å². The number of anilines is 1. The van der Waals surface area contributed by atoms with Gasteiger partial charge in [0.05, 0.1) is 28.4 Å². The van der Waals surface area contributed by atoms with Crippen LogP contribution in [-0.2, 0) is 16.6 Å². The molecule has 30 heavy (non-hydrogen) atoms. The monoisotopic (exact) mass is 448 g/mol. The van der Waals surface area contributed by atoms with E-state index >= 15 is 0 Å². The first-order valence-electron chi connectivity index (χ1n) is 9.62. The number of hydrogen-bond donors (Lipinski definition) is 2. The first-order valence-corrected chi connectivity index (χ1v) is 11.7. The van der Waals surface area contributed by atoms with Crippen LogP contribution in [0.3, 0.4) is 0 Å². The van der Waals surface area contributed by atoms with E-state index in [0.29, 0.717) is 10.3 Å². The number of para-hydroxylation sites is 2. The Morgan fingerprint density at radius 2 is 2.03 bits per heavy atom. The number of carboxylic acids is 1. The number of rotatable bonds is 8. The van der Waals surface area contributed by atoms with Crippen molar-refractivity contribution in [3.63, 3.8) is 0 Å². The Kier molecular flexibility index (Phi) is 5.73. The average molecular weight is 449 g/mol. The van der Waals surface area contributed by atoms with Gasteiger partial charge in [-0.15, -0.1) is 23.5 Å². The normalized spacial score (nSPS) is 22.7. The van der Waals surface area contributed by atoms with Crippen molar-refractivity contribution in [2.75, 3.05) is 23.1 Å². The number of carbonyl (C=O) groups is 2. The maximum Gasteiger partial charge on any atom is 0.352 e. The number of aryl methyl sites for hydroxylation is 1. The van der Waals surface area contributed by atoms with E-state index in [-0.39, 0.29) is 11.6 Å². The number of aliphatic hydroxyl groups is 1. The lowest BCUT2D eigenvalue weighted by Crippen LogP contribution is -2.62. The molecule has 2 saturated heterocycles. The van der Waals surface area contributed by atoms with Crippen LogP contribution in [0.1, 0.15) is 6.92 Å². The second-order valence-electron chi connectivity index (χ2n) is 7.55. The van der Waals surface area contributed by atoms with Gasteiger partial charge in [0.1, 0.15) is 5.70 Å². The van der Waals surface area contributed by atoms with Gasteiger partial charge in [0.2, 0.25) is 11.9 Å². The summed E-state index contributed by atoms with van der Waals surface area (Å²) in [5.41, 5.74) is 1.85. The highest BCUT2D eigenvalue weighted by molar-refractivity contribution is 8.16. The Morgan fingerprint density at radius 1 is 1.33 bits per heavy atom. The van der Waals surface area contributed by atoms with Gasteiger partial charge < -0.3 is 19.7 Å². The smallest absolute Gasteiger partial charge is 0.352 e. The molecule has 1 aromatic carbocycles. The number of aliphatic hydroxyl groups excluding tert-OH is 1. The summed E-state index contributed by atoms with van der Waals surface area (Å²) >= 11 is 3.26. The molecular weight excluding hydrogens is 424 g/mol. The summed E-state index contributed by atoms with van der Waals surface area (Å²) in [6, 6.07) is 8.06. The minimum Gasteiger partial charge on any atom is -0.477 e. The van der Waals surface area contributed by atoms with Gasteiger partial charge in [-0.1, -0.05) is 18.7 Å². The molecule has 160 valence electrons. The van der Waals surface area contributed by atoms with Crippen LogP contribution in [0.15, 0.2) is 36.5 Å². The number of β-lactam (4-membered cyclic amide) rings is 1. The minimum absolute atomic E-state index is 0.240. The van der Waals surface area contributed by atoms with Gasteiger partial charge in [-0.25, -0.2) is 9.78 Å². The number of amides is 1. The summed E-state index contributed by atoms with van der Waals surface area (Å²) in [5, 5.41) is 19.8. The molecule has 0 spiro atoms. The number of thioether (sulfide) groups is 2. The molecule has 1 aromatic heterocycles.